The van der Waals surface area contributed by atoms with Gasteiger partial charge in [-0.3, -0.25) is 4.79 Å². The maximum Gasteiger partial charge on any atom is 0.306 e. The average Bonchev–Trinajstić information content (AvgIpc) is 2.63. The Labute approximate surface area is 72.3 Å². The van der Waals surface area contributed by atoms with E-state index in [4.69, 9.17) is 4.74 Å². The second-order valence-corrected chi connectivity index (χ2v) is 4.49. The minimum atomic E-state index is 0.0452. The maximum atomic E-state index is 11.1. The summed E-state index contributed by atoms with van der Waals surface area (Å²) >= 11 is 0. The third-order valence-corrected chi connectivity index (χ3v) is 3.96. The maximum absolute atomic E-state index is 11.1. The molecular weight excluding hydrogens is 152 g/mol. The Hall–Kier alpha value is -0.530. The molecule has 0 aromatic heterocycles. The fraction of sp³-hybridized carbons (Fsp3) is 0.900. The Morgan fingerprint density at radius 1 is 1.17 bits per heavy atom. The van der Waals surface area contributed by atoms with Crippen molar-refractivity contribution in [2.24, 2.45) is 17.8 Å². The lowest BCUT2D eigenvalue weighted by molar-refractivity contribution is -0.161. The van der Waals surface area contributed by atoms with Gasteiger partial charge in [0.05, 0.1) is 0 Å². The van der Waals surface area contributed by atoms with Gasteiger partial charge >= 0.3 is 5.97 Å². The lowest BCUT2D eigenvalue weighted by atomic mass is 9.82. The van der Waals surface area contributed by atoms with Gasteiger partial charge in [0.25, 0.3) is 0 Å². The van der Waals surface area contributed by atoms with Crippen molar-refractivity contribution in [2.45, 2.75) is 38.2 Å². The molecule has 2 bridgehead atoms. The summed E-state index contributed by atoms with van der Waals surface area (Å²) < 4.78 is 5.41. The Morgan fingerprint density at radius 2 is 2.00 bits per heavy atom. The van der Waals surface area contributed by atoms with Crippen molar-refractivity contribution in [1.29, 1.82) is 0 Å². The first-order valence-corrected chi connectivity index (χ1v) is 5.04. The SMILES string of the molecule is O=C1CCC2C3CCC(C3)C2O1. The van der Waals surface area contributed by atoms with Crippen molar-refractivity contribution < 1.29 is 9.53 Å². The van der Waals surface area contributed by atoms with Crippen LogP contribution in [0, 0.1) is 17.8 Å². The Balaban J connectivity index is 1.85. The lowest BCUT2D eigenvalue weighted by Crippen LogP contribution is -2.36. The molecule has 0 spiro atoms. The van der Waals surface area contributed by atoms with Gasteiger partial charge in [-0.05, 0) is 43.4 Å². The molecule has 66 valence electrons. The standard InChI is InChI=1S/C10H14O2/c11-9-4-3-8-6-1-2-7(5-6)10(8)12-9/h6-8,10H,1-5H2. The molecule has 2 aliphatic carbocycles. The van der Waals surface area contributed by atoms with Crippen LogP contribution in [0.5, 0.6) is 0 Å². The second kappa shape index (κ2) is 2.24. The van der Waals surface area contributed by atoms with E-state index in [-0.39, 0.29) is 5.97 Å². The van der Waals surface area contributed by atoms with Gasteiger partial charge in [0.2, 0.25) is 0 Å². The van der Waals surface area contributed by atoms with E-state index in [9.17, 15) is 4.79 Å². The molecule has 1 heterocycles. The molecule has 1 saturated heterocycles. The fourth-order valence-electron chi connectivity index (χ4n) is 3.44. The molecule has 0 aromatic rings. The predicted molar refractivity (Wildman–Crippen MR) is 43.4 cm³/mol. The highest BCUT2D eigenvalue weighted by Crippen LogP contribution is 2.52. The van der Waals surface area contributed by atoms with Gasteiger partial charge in [-0.2, -0.15) is 0 Å². The van der Waals surface area contributed by atoms with E-state index in [0.29, 0.717) is 12.5 Å². The first kappa shape index (κ1) is 6.93. The quantitative estimate of drug-likeness (QED) is 0.512. The van der Waals surface area contributed by atoms with Crippen molar-refractivity contribution in [3.8, 4) is 0 Å². The molecule has 2 saturated carbocycles. The van der Waals surface area contributed by atoms with Gasteiger partial charge in [0, 0.05) is 6.42 Å². The van der Waals surface area contributed by atoms with E-state index >= 15 is 0 Å². The molecule has 1 aliphatic heterocycles. The van der Waals surface area contributed by atoms with Crippen molar-refractivity contribution >= 4 is 5.97 Å². The van der Waals surface area contributed by atoms with Crippen LogP contribution < -0.4 is 0 Å². The van der Waals surface area contributed by atoms with Crippen molar-refractivity contribution in [3.63, 3.8) is 0 Å². The molecule has 0 aromatic carbocycles. The molecule has 0 amide bonds. The van der Waals surface area contributed by atoms with E-state index in [1.165, 1.54) is 19.3 Å². The number of esters is 1. The first-order valence-electron chi connectivity index (χ1n) is 5.04. The second-order valence-electron chi connectivity index (χ2n) is 4.49. The van der Waals surface area contributed by atoms with E-state index in [1.54, 1.807) is 0 Å². The Bertz CT molecular complexity index is 224. The van der Waals surface area contributed by atoms with Crippen molar-refractivity contribution in [1.82, 2.24) is 0 Å². The van der Waals surface area contributed by atoms with Crippen LogP contribution in [-0.2, 0) is 9.53 Å². The highest BCUT2D eigenvalue weighted by atomic mass is 16.5. The number of hydrogen-bond acceptors (Lipinski definition) is 2. The van der Waals surface area contributed by atoms with Gasteiger partial charge in [0.1, 0.15) is 6.10 Å². The topological polar surface area (TPSA) is 26.3 Å². The van der Waals surface area contributed by atoms with Crippen molar-refractivity contribution in [2.75, 3.05) is 0 Å². The molecule has 2 nitrogen and oxygen atoms in total. The van der Waals surface area contributed by atoms with Crippen LogP contribution in [0.3, 0.4) is 0 Å². The minimum Gasteiger partial charge on any atom is -0.462 e. The van der Waals surface area contributed by atoms with Crippen LogP contribution in [0.2, 0.25) is 0 Å². The number of ether oxygens (including phenoxy) is 1. The monoisotopic (exact) mass is 166 g/mol. The third-order valence-electron chi connectivity index (χ3n) is 3.96. The third kappa shape index (κ3) is 0.782. The summed E-state index contributed by atoms with van der Waals surface area (Å²) in [7, 11) is 0. The van der Waals surface area contributed by atoms with Gasteiger partial charge in [-0.25, -0.2) is 0 Å². The molecule has 0 radical (unpaired) electrons. The van der Waals surface area contributed by atoms with Crippen LogP contribution in [0.1, 0.15) is 32.1 Å². The van der Waals surface area contributed by atoms with Crippen LogP contribution >= 0.6 is 0 Å². The summed E-state index contributed by atoms with van der Waals surface area (Å²) in [6.07, 6.45) is 6.13. The summed E-state index contributed by atoms with van der Waals surface area (Å²) in [6.45, 7) is 0. The predicted octanol–water partition coefficient (Wildman–Crippen LogP) is 1.74. The number of carbonyl (C=O) groups is 1. The summed E-state index contributed by atoms with van der Waals surface area (Å²) in [5, 5.41) is 0. The molecule has 12 heavy (non-hydrogen) atoms. The smallest absolute Gasteiger partial charge is 0.306 e. The molecular formula is C10H14O2. The largest absolute Gasteiger partial charge is 0.462 e. The normalized spacial score (nSPS) is 50.5. The molecule has 0 N–H and O–H groups in total. The van der Waals surface area contributed by atoms with Crippen LogP contribution in [-0.4, -0.2) is 12.1 Å². The molecule has 4 unspecified atom stereocenters. The first-order chi connectivity index (χ1) is 5.84. The number of carbonyl (C=O) groups excluding carboxylic acids is 1. The summed E-state index contributed by atoms with van der Waals surface area (Å²) in [5.41, 5.74) is 0. The van der Waals surface area contributed by atoms with Crippen LogP contribution in [0.4, 0.5) is 0 Å². The van der Waals surface area contributed by atoms with Crippen molar-refractivity contribution in [3.05, 3.63) is 0 Å². The van der Waals surface area contributed by atoms with Gasteiger partial charge in [-0.1, -0.05) is 0 Å². The Kier molecular flexibility index (Phi) is 1.29. The summed E-state index contributed by atoms with van der Waals surface area (Å²) in [5.74, 6) is 2.41. The van der Waals surface area contributed by atoms with E-state index in [0.717, 1.165) is 24.2 Å². The fourth-order valence-corrected chi connectivity index (χ4v) is 3.44. The van der Waals surface area contributed by atoms with Crippen LogP contribution in [0.15, 0.2) is 0 Å². The zero-order chi connectivity index (χ0) is 8.13. The minimum absolute atomic E-state index is 0.0452. The highest BCUT2D eigenvalue weighted by Gasteiger charge is 2.51. The molecule has 4 atom stereocenters. The van der Waals surface area contributed by atoms with E-state index in [2.05, 4.69) is 0 Å². The summed E-state index contributed by atoms with van der Waals surface area (Å²) in [4.78, 5) is 11.1. The molecule has 3 rings (SSSR count). The molecule has 3 fully saturated rings. The highest BCUT2D eigenvalue weighted by molar-refractivity contribution is 5.70. The Morgan fingerprint density at radius 3 is 2.92 bits per heavy atom. The summed E-state index contributed by atoms with van der Waals surface area (Å²) in [6, 6.07) is 0. The van der Waals surface area contributed by atoms with Crippen LogP contribution in [0.25, 0.3) is 0 Å². The zero-order valence-corrected chi connectivity index (χ0v) is 7.16. The number of rotatable bonds is 0. The lowest BCUT2D eigenvalue weighted by Gasteiger charge is -2.34. The van der Waals surface area contributed by atoms with Gasteiger partial charge < -0.3 is 4.74 Å². The number of fused-ring (bicyclic) bond motifs is 5. The number of hydrogen-bond donors (Lipinski definition) is 0. The zero-order valence-electron chi connectivity index (χ0n) is 7.16. The molecule has 3 aliphatic rings. The van der Waals surface area contributed by atoms with Gasteiger partial charge in [-0.15, -0.1) is 0 Å². The van der Waals surface area contributed by atoms with E-state index in [1.807, 2.05) is 0 Å². The van der Waals surface area contributed by atoms with E-state index < -0.39 is 0 Å². The molecule has 2 heteroatoms. The average molecular weight is 166 g/mol. The van der Waals surface area contributed by atoms with Gasteiger partial charge in [0.15, 0.2) is 0 Å².